The Morgan fingerprint density at radius 3 is 2.76 bits per heavy atom. The number of hydrogen-bond acceptors (Lipinski definition) is 2. The Morgan fingerprint density at radius 1 is 1.47 bits per heavy atom. The van der Waals surface area contributed by atoms with Crippen LogP contribution in [-0.4, -0.2) is 13.7 Å². The van der Waals surface area contributed by atoms with Gasteiger partial charge < -0.3 is 10.1 Å². The standard InChI is InChI=1S/C14H20BrNO/c1-10(16-9-11-4-3-5-11)12-6-7-14(17-2)13(15)8-12/h6-8,10-11,16H,3-5,9H2,1-2H3. The van der Waals surface area contributed by atoms with E-state index in [0.717, 1.165) is 22.7 Å². The fourth-order valence-electron chi connectivity index (χ4n) is 2.11. The average molecular weight is 298 g/mol. The van der Waals surface area contributed by atoms with Gasteiger partial charge in [0.15, 0.2) is 0 Å². The van der Waals surface area contributed by atoms with Crippen molar-refractivity contribution in [2.75, 3.05) is 13.7 Å². The Labute approximate surface area is 112 Å². The van der Waals surface area contributed by atoms with Gasteiger partial charge in [0.25, 0.3) is 0 Å². The molecule has 0 amide bonds. The van der Waals surface area contributed by atoms with Gasteiger partial charge >= 0.3 is 0 Å². The van der Waals surface area contributed by atoms with Crippen molar-refractivity contribution in [2.45, 2.75) is 32.2 Å². The number of benzene rings is 1. The van der Waals surface area contributed by atoms with E-state index in [2.05, 4.69) is 40.3 Å². The third-order valence-corrected chi connectivity index (χ3v) is 4.23. The smallest absolute Gasteiger partial charge is 0.133 e. The van der Waals surface area contributed by atoms with Crippen LogP contribution in [0.25, 0.3) is 0 Å². The van der Waals surface area contributed by atoms with Crippen LogP contribution in [0, 0.1) is 5.92 Å². The van der Waals surface area contributed by atoms with Crippen LogP contribution in [0.2, 0.25) is 0 Å². The first-order valence-corrected chi connectivity index (χ1v) is 7.07. The first-order valence-electron chi connectivity index (χ1n) is 6.27. The lowest BCUT2D eigenvalue weighted by Crippen LogP contribution is -2.29. The van der Waals surface area contributed by atoms with Crippen molar-refractivity contribution >= 4 is 15.9 Å². The van der Waals surface area contributed by atoms with Crippen molar-refractivity contribution in [1.82, 2.24) is 5.32 Å². The quantitative estimate of drug-likeness (QED) is 0.890. The SMILES string of the molecule is COc1ccc(C(C)NCC2CCC2)cc1Br. The highest BCUT2D eigenvalue weighted by atomic mass is 79.9. The molecule has 1 saturated carbocycles. The van der Waals surface area contributed by atoms with Crippen LogP contribution in [0.5, 0.6) is 5.75 Å². The monoisotopic (exact) mass is 297 g/mol. The molecule has 94 valence electrons. The number of methoxy groups -OCH3 is 1. The lowest BCUT2D eigenvalue weighted by atomic mass is 9.85. The van der Waals surface area contributed by atoms with Crippen LogP contribution in [0.4, 0.5) is 0 Å². The van der Waals surface area contributed by atoms with E-state index in [9.17, 15) is 0 Å². The van der Waals surface area contributed by atoms with E-state index in [-0.39, 0.29) is 0 Å². The number of hydrogen-bond donors (Lipinski definition) is 1. The molecule has 1 aromatic rings. The molecule has 0 aliphatic heterocycles. The summed E-state index contributed by atoms with van der Waals surface area (Å²) in [5.41, 5.74) is 1.30. The highest BCUT2D eigenvalue weighted by molar-refractivity contribution is 9.10. The van der Waals surface area contributed by atoms with E-state index in [0.29, 0.717) is 6.04 Å². The zero-order valence-electron chi connectivity index (χ0n) is 10.5. The zero-order chi connectivity index (χ0) is 12.3. The molecular weight excluding hydrogens is 278 g/mol. The Kier molecular flexibility index (Phi) is 4.46. The maximum absolute atomic E-state index is 5.24. The van der Waals surface area contributed by atoms with Crippen molar-refractivity contribution in [2.24, 2.45) is 5.92 Å². The van der Waals surface area contributed by atoms with Gasteiger partial charge in [0.1, 0.15) is 5.75 Å². The van der Waals surface area contributed by atoms with Crippen molar-refractivity contribution in [3.63, 3.8) is 0 Å². The van der Waals surface area contributed by atoms with E-state index in [1.165, 1.54) is 24.8 Å². The lowest BCUT2D eigenvalue weighted by molar-refractivity contribution is 0.292. The number of nitrogens with one attached hydrogen (secondary N) is 1. The van der Waals surface area contributed by atoms with Crippen LogP contribution in [0.3, 0.4) is 0 Å². The van der Waals surface area contributed by atoms with E-state index < -0.39 is 0 Å². The first-order chi connectivity index (χ1) is 8.20. The van der Waals surface area contributed by atoms with Gasteiger partial charge in [-0.2, -0.15) is 0 Å². The van der Waals surface area contributed by atoms with Gasteiger partial charge in [-0.25, -0.2) is 0 Å². The van der Waals surface area contributed by atoms with Crippen molar-refractivity contribution in [3.05, 3.63) is 28.2 Å². The topological polar surface area (TPSA) is 21.3 Å². The summed E-state index contributed by atoms with van der Waals surface area (Å²) in [6, 6.07) is 6.68. The molecule has 1 N–H and O–H groups in total. The molecule has 2 rings (SSSR count). The minimum Gasteiger partial charge on any atom is -0.496 e. The zero-order valence-corrected chi connectivity index (χ0v) is 12.1. The Bertz CT molecular complexity index is 376. The van der Waals surface area contributed by atoms with E-state index >= 15 is 0 Å². The van der Waals surface area contributed by atoms with E-state index in [1.807, 2.05) is 6.07 Å². The highest BCUT2D eigenvalue weighted by Gasteiger charge is 2.18. The molecule has 17 heavy (non-hydrogen) atoms. The summed E-state index contributed by atoms with van der Waals surface area (Å²) in [4.78, 5) is 0. The van der Waals surface area contributed by atoms with E-state index in [1.54, 1.807) is 7.11 Å². The van der Waals surface area contributed by atoms with Gasteiger partial charge in [-0.05, 0) is 65.9 Å². The minimum absolute atomic E-state index is 0.401. The van der Waals surface area contributed by atoms with Crippen LogP contribution in [0.15, 0.2) is 22.7 Å². The van der Waals surface area contributed by atoms with Gasteiger partial charge in [0.05, 0.1) is 11.6 Å². The summed E-state index contributed by atoms with van der Waals surface area (Å²) in [6.45, 7) is 3.36. The normalized spacial score (nSPS) is 17.6. The second-order valence-electron chi connectivity index (χ2n) is 4.82. The summed E-state index contributed by atoms with van der Waals surface area (Å²) >= 11 is 3.53. The molecular formula is C14H20BrNO. The third-order valence-electron chi connectivity index (χ3n) is 3.61. The van der Waals surface area contributed by atoms with Gasteiger partial charge in [-0.1, -0.05) is 12.5 Å². The average Bonchev–Trinajstić information content (AvgIpc) is 2.26. The van der Waals surface area contributed by atoms with E-state index in [4.69, 9.17) is 4.74 Å². The number of ether oxygens (including phenoxy) is 1. The molecule has 1 aromatic carbocycles. The predicted molar refractivity (Wildman–Crippen MR) is 74.5 cm³/mol. The Morgan fingerprint density at radius 2 is 2.24 bits per heavy atom. The number of halogens is 1. The fraction of sp³-hybridized carbons (Fsp3) is 0.571. The van der Waals surface area contributed by atoms with Crippen molar-refractivity contribution in [1.29, 1.82) is 0 Å². The molecule has 1 fully saturated rings. The van der Waals surface area contributed by atoms with Gasteiger partial charge in [-0.15, -0.1) is 0 Å². The molecule has 0 radical (unpaired) electrons. The molecule has 2 nitrogen and oxygen atoms in total. The van der Waals surface area contributed by atoms with Crippen molar-refractivity contribution < 1.29 is 4.74 Å². The second-order valence-corrected chi connectivity index (χ2v) is 5.68. The molecule has 1 unspecified atom stereocenters. The Balaban J connectivity index is 1.93. The first kappa shape index (κ1) is 12.9. The van der Waals surface area contributed by atoms with Crippen LogP contribution >= 0.6 is 15.9 Å². The van der Waals surface area contributed by atoms with Gasteiger partial charge in [0, 0.05) is 6.04 Å². The fourth-order valence-corrected chi connectivity index (χ4v) is 2.67. The Hall–Kier alpha value is -0.540. The van der Waals surface area contributed by atoms with Gasteiger partial charge in [-0.3, -0.25) is 0 Å². The largest absolute Gasteiger partial charge is 0.496 e. The predicted octanol–water partition coefficient (Wildman–Crippen LogP) is 3.91. The molecule has 0 heterocycles. The van der Waals surface area contributed by atoms with Gasteiger partial charge in [0.2, 0.25) is 0 Å². The number of rotatable bonds is 5. The molecule has 0 aromatic heterocycles. The summed E-state index contributed by atoms with van der Waals surface area (Å²) in [7, 11) is 1.69. The van der Waals surface area contributed by atoms with Crippen LogP contribution in [0.1, 0.15) is 37.8 Å². The third kappa shape index (κ3) is 3.23. The molecule has 0 bridgehead atoms. The van der Waals surface area contributed by atoms with Crippen LogP contribution in [-0.2, 0) is 0 Å². The molecule has 1 aliphatic carbocycles. The summed E-state index contributed by atoms with van der Waals surface area (Å²) in [5.74, 6) is 1.79. The van der Waals surface area contributed by atoms with Crippen molar-refractivity contribution in [3.8, 4) is 5.75 Å². The maximum Gasteiger partial charge on any atom is 0.133 e. The second kappa shape index (κ2) is 5.87. The molecule has 3 heteroatoms. The summed E-state index contributed by atoms with van der Waals surface area (Å²) in [5, 5.41) is 3.60. The summed E-state index contributed by atoms with van der Waals surface area (Å²) < 4.78 is 6.26. The molecule has 0 saturated heterocycles. The molecule has 0 spiro atoms. The molecule has 1 aliphatic rings. The maximum atomic E-state index is 5.24. The minimum atomic E-state index is 0.401. The summed E-state index contributed by atoms with van der Waals surface area (Å²) in [6.07, 6.45) is 4.20. The van der Waals surface area contributed by atoms with Crippen LogP contribution < -0.4 is 10.1 Å². The lowest BCUT2D eigenvalue weighted by Gasteiger charge is -2.27. The highest BCUT2D eigenvalue weighted by Crippen LogP contribution is 2.29. The molecule has 1 atom stereocenters.